The predicted octanol–water partition coefficient (Wildman–Crippen LogP) is 4.40. The number of aromatic nitrogens is 2. The van der Waals surface area contributed by atoms with Gasteiger partial charge in [-0.25, -0.2) is 0 Å². The van der Waals surface area contributed by atoms with E-state index in [1.54, 1.807) is 6.20 Å². The second-order valence-electron chi connectivity index (χ2n) is 6.26. The summed E-state index contributed by atoms with van der Waals surface area (Å²) in [6, 6.07) is 10.4. The summed E-state index contributed by atoms with van der Waals surface area (Å²) in [6.07, 6.45) is 3.81. The molecule has 0 fully saturated rings. The fourth-order valence-electron chi connectivity index (χ4n) is 3.20. The van der Waals surface area contributed by atoms with Crippen LogP contribution in [-0.2, 0) is 12.8 Å². The van der Waals surface area contributed by atoms with Gasteiger partial charge in [-0.05, 0) is 65.0 Å². The normalized spacial score (nSPS) is 16.5. The molecule has 0 radical (unpaired) electrons. The maximum Gasteiger partial charge on any atom is 0.300 e. The van der Waals surface area contributed by atoms with E-state index in [0.29, 0.717) is 18.2 Å². The molecule has 128 valence electrons. The summed E-state index contributed by atoms with van der Waals surface area (Å²) in [5.41, 5.74) is 4.87. The van der Waals surface area contributed by atoms with Crippen molar-refractivity contribution in [1.29, 1.82) is 0 Å². The maximum absolute atomic E-state index is 9.99. The second-order valence-corrected chi connectivity index (χ2v) is 7.18. The SMILES string of the molecule is Cc1nc(Nc2cccc3c2C[C@H](O)CC3)oc1-c1ccc(Br)cn1. The highest BCUT2D eigenvalue weighted by molar-refractivity contribution is 9.10. The maximum atomic E-state index is 9.99. The van der Waals surface area contributed by atoms with Crippen molar-refractivity contribution < 1.29 is 9.52 Å². The van der Waals surface area contributed by atoms with Gasteiger partial charge in [0, 0.05) is 22.8 Å². The number of rotatable bonds is 3. The fraction of sp³-hybridized carbons (Fsp3) is 0.263. The van der Waals surface area contributed by atoms with Crippen LogP contribution in [0.15, 0.2) is 45.4 Å². The Hall–Kier alpha value is -2.18. The summed E-state index contributed by atoms with van der Waals surface area (Å²) in [6.45, 7) is 1.90. The average molecular weight is 400 g/mol. The number of oxazole rings is 1. The molecule has 6 heteroatoms. The average Bonchev–Trinajstić information content (AvgIpc) is 2.96. The molecule has 5 nitrogen and oxygen atoms in total. The topological polar surface area (TPSA) is 71.2 Å². The Morgan fingerprint density at radius 1 is 1.28 bits per heavy atom. The molecule has 1 atom stereocenters. The third-order valence-corrected chi connectivity index (χ3v) is 4.93. The lowest BCUT2D eigenvalue weighted by molar-refractivity contribution is 0.159. The van der Waals surface area contributed by atoms with Crippen LogP contribution < -0.4 is 5.32 Å². The Bertz CT molecular complexity index is 906. The number of benzene rings is 1. The van der Waals surface area contributed by atoms with Crippen molar-refractivity contribution in [3.05, 3.63) is 57.8 Å². The minimum Gasteiger partial charge on any atom is -0.421 e. The van der Waals surface area contributed by atoms with Crippen molar-refractivity contribution in [2.75, 3.05) is 5.32 Å². The molecule has 0 bridgehead atoms. The van der Waals surface area contributed by atoms with Crippen LogP contribution in [0.2, 0.25) is 0 Å². The van der Waals surface area contributed by atoms with Crippen molar-refractivity contribution in [3.8, 4) is 11.5 Å². The van der Waals surface area contributed by atoms with Gasteiger partial charge in [0.05, 0.1) is 11.8 Å². The summed E-state index contributed by atoms with van der Waals surface area (Å²) in [4.78, 5) is 8.85. The van der Waals surface area contributed by atoms with E-state index >= 15 is 0 Å². The van der Waals surface area contributed by atoms with E-state index in [9.17, 15) is 5.11 Å². The first kappa shape index (κ1) is 16.3. The summed E-state index contributed by atoms with van der Waals surface area (Å²) in [7, 11) is 0. The zero-order valence-electron chi connectivity index (χ0n) is 13.8. The molecule has 0 amide bonds. The van der Waals surface area contributed by atoms with Gasteiger partial charge in [0.1, 0.15) is 5.69 Å². The van der Waals surface area contributed by atoms with Crippen LogP contribution >= 0.6 is 15.9 Å². The Balaban J connectivity index is 1.64. The molecule has 1 aliphatic carbocycles. The Labute approximate surface area is 154 Å². The highest BCUT2D eigenvalue weighted by atomic mass is 79.9. The lowest BCUT2D eigenvalue weighted by Crippen LogP contribution is -2.19. The number of halogens is 1. The number of aliphatic hydroxyl groups excluding tert-OH is 1. The van der Waals surface area contributed by atoms with Gasteiger partial charge in [0.25, 0.3) is 6.01 Å². The molecule has 1 aliphatic rings. The van der Waals surface area contributed by atoms with Crippen LogP contribution in [0.5, 0.6) is 0 Å². The largest absolute Gasteiger partial charge is 0.421 e. The molecule has 0 spiro atoms. The van der Waals surface area contributed by atoms with Gasteiger partial charge >= 0.3 is 0 Å². The first-order valence-electron chi connectivity index (χ1n) is 8.25. The molecular weight excluding hydrogens is 382 g/mol. The minimum atomic E-state index is -0.288. The quantitative estimate of drug-likeness (QED) is 0.682. The number of fused-ring (bicyclic) bond motifs is 1. The molecule has 0 unspecified atom stereocenters. The van der Waals surface area contributed by atoms with Gasteiger partial charge in [0.2, 0.25) is 0 Å². The second kappa shape index (κ2) is 6.61. The van der Waals surface area contributed by atoms with Crippen molar-refractivity contribution >= 4 is 27.6 Å². The van der Waals surface area contributed by atoms with Crippen LogP contribution in [-0.4, -0.2) is 21.2 Å². The fourth-order valence-corrected chi connectivity index (χ4v) is 3.43. The van der Waals surface area contributed by atoms with Crippen molar-refractivity contribution in [1.82, 2.24) is 9.97 Å². The summed E-state index contributed by atoms with van der Waals surface area (Å²) in [5.74, 6) is 0.653. The number of pyridine rings is 1. The number of nitrogens with zero attached hydrogens (tertiary/aromatic N) is 2. The number of aliphatic hydroxyl groups is 1. The first-order valence-corrected chi connectivity index (χ1v) is 9.04. The monoisotopic (exact) mass is 399 g/mol. The Kier molecular flexibility index (Phi) is 4.31. The number of nitrogens with one attached hydrogen (secondary N) is 1. The minimum absolute atomic E-state index is 0.288. The van der Waals surface area contributed by atoms with Gasteiger partial charge in [-0.2, -0.15) is 4.98 Å². The van der Waals surface area contributed by atoms with Crippen LogP contribution in [0.25, 0.3) is 11.5 Å². The van der Waals surface area contributed by atoms with Crippen LogP contribution in [0.1, 0.15) is 23.2 Å². The number of hydrogen-bond acceptors (Lipinski definition) is 5. The zero-order chi connectivity index (χ0) is 17.4. The molecule has 2 N–H and O–H groups in total. The lowest BCUT2D eigenvalue weighted by atomic mass is 9.88. The molecule has 2 aromatic heterocycles. The molecule has 4 rings (SSSR count). The molecule has 0 aliphatic heterocycles. The van der Waals surface area contributed by atoms with E-state index in [0.717, 1.165) is 40.0 Å². The summed E-state index contributed by atoms with van der Waals surface area (Å²) in [5, 5.41) is 13.3. The highest BCUT2D eigenvalue weighted by Gasteiger charge is 2.20. The van der Waals surface area contributed by atoms with Gasteiger partial charge in [-0.1, -0.05) is 12.1 Å². The van der Waals surface area contributed by atoms with Gasteiger partial charge in [0.15, 0.2) is 5.76 Å². The molecule has 2 heterocycles. The highest BCUT2D eigenvalue weighted by Crippen LogP contribution is 2.32. The van der Waals surface area contributed by atoms with Gasteiger partial charge in [-0.15, -0.1) is 0 Å². The van der Waals surface area contributed by atoms with Crippen LogP contribution in [0.3, 0.4) is 0 Å². The molecular formula is C19H18BrN3O2. The van der Waals surface area contributed by atoms with E-state index < -0.39 is 0 Å². The molecule has 1 aromatic carbocycles. The van der Waals surface area contributed by atoms with E-state index in [1.165, 1.54) is 5.56 Å². The number of hydrogen-bond donors (Lipinski definition) is 2. The first-order chi connectivity index (χ1) is 12.1. The summed E-state index contributed by atoms with van der Waals surface area (Å²) < 4.78 is 6.82. The molecule has 0 saturated carbocycles. The summed E-state index contributed by atoms with van der Waals surface area (Å²) >= 11 is 3.38. The van der Waals surface area contributed by atoms with Gasteiger partial charge < -0.3 is 14.8 Å². The molecule has 0 saturated heterocycles. The van der Waals surface area contributed by atoms with Crippen LogP contribution in [0, 0.1) is 6.92 Å². The van der Waals surface area contributed by atoms with E-state index in [4.69, 9.17) is 4.42 Å². The van der Waals surface area contributed by atoms with E-state index in [2.05, 4.69) is 37.3 Å². The molecule has 3 aromatic rings. The zero-order valence-corrected chi connectivity index (χ0v) is 15.4. The lowest BCUT2D eigenvalue weighted by Gasteiger charge is -2.23. The van der Waals surface area contributed by atoms with E-state index in [1.807, 2.05) is 31.2 Å². The smallest absolute Gasteiger partial charge is 0.300 e. The Morgan fingerprint density at radius 2 is 2.16 bits per heavy atom. The third-order valence-electron chi connectivity index (χ3n) is 4.46. The predicted molar refractivity (Wildman–Crippen MR) is 99.9 cm³/mol. The van der Waals surface area contributed by atoms with Crippen molar-refractivity contribution in [2.45, 2.75) is 32.3 Å². The number of aryl methyl sites for hydroxylation is 2. The third kappa shape index (κ3) is 3.32. The van der Waals surface area contributed by atoms with Crippen molar-refractivity contribution in [2.24, 2.45) is 0 Å². The van der Waals surface area contributed by atoms with E-state index in [-0.39, 0.29) is 6.10 Å². The van der Waals surface area contributed by atoms with Gasteiger partial charge in [-0.3, -0.25) is 4.98 Å². The molecule has 25 heavy (non-hydrogen) atoms. The van der Waals surface area contributed by atoms with Crippen molar-refractivity contribution in [3.63, 3.8) is 0 Å². The van der Waals surface area contributed by atoms with Crippen LogP contribution in [0.4, 0.5) is 11.7 Å². The Morgan fingerprint density at radius 3 is 2.96 bits per heavy atom. The number of anilines is 2. The standard InChI is InChI=1S/C19H18BrN3O2/c1-11-18(17-8-6-13(20)10-21-17)25-19(22-11)23-16-4-2-3-12-5-7-14(24)9-15(12)16/h2-4,6,8,10,14,24H,5,7,9H2,1H3,(H,22,23)/t14-/m1/s1.